The Morgan fingerprint density at radius 1 is 1.23 bits per heavy atom. The molecular weight excluding hydrogens is 324 g/mol. The Morgan fingerprint density at radius 3 is 2.41 bits per heavy atom. The molecule has 3 N–H and O–H groups in total. The number of carbonyl (C=O) groups is 1. The molecule has 1 heterocycles. The van der Waals surface area contributed by atoms with Gasteiger partial charge < -0.3 is 0 Å². The summed E-state index contributed by atoms with van der Waals surface area (Å²) in [6, 6.07) is 6.93. The van der Waals surface area contributed by atoms with E-state index in [0.29, 0.717) is 10.8 Å². The zero-order valence-electron chi connectivity index (χ0n) is 12.3. The second-order valence-corrected chi connectivity index (χ2v) is 7.63. The van der Waals surface area contributed by atoms with Gasteiger partial charge in [-0.3, -0.25) is 20.4 Å². The fraction of sp³-hybridized carbons (Fsp3) is 0.231. The maximum absolute atomic E-state index is 11.2. The van der Waals surface area contributed by atoms with Gasteiger partial charge >= 0.3 is 0 Å². The molecule has 1 aromatic heterocycles. The molecule has 0 aliphatic rings. The molecule has 7 nitrogen and oxygen atoms in total. The summed E-state index contributed by atoms with van der Waals surface area (Å²) in [4.78, 5) is 16.3. The van der Waals surface area contributed by atoms with Crippen LogP contribution in [0.1, 0.15) is 11.8 Å². The summed E-state index contributed by atoms with van der Waals surface area (Å²) in [5, 5.41) is 0.584. The van der Waals surface area contributed by atoms with E-state index in [0.717, 1.165) is 22.4 Å². The molecule has 0 aliphatic carbocycles. The third-order valence-electron chi connectivity index (χ3n) is 2.60. The van der Waals surface area contributed by atoms with E-state index in [1.807, 2.05) is 6.92 Å². The van der Waals surface area contributed by atoms with Gasteiger partial charge in [-0.15, -0.1) is 11.3 Å². The van der Waals surface area contributed by atoms with Crippen molar-refractivity contribution in [1.29, 1.82) is 0 Å². The highest BCUT2D eigenvalue weighted by Gasteiger charge is 2.10. The third-order valence-corrected chi connectivity index (χ3v) is 4.10. The minimum absolute atomic E-state index is 0.203. The molecule has 0 saturated carbocycles. The van der Waals surface area contributed by atoms with Gasteiger partial charge in [-0.1, -0.05) is 12.1 Å². The van der Waals surface area contributed by atoms with Crippen LogP contribution in [0.25, 0.3) is 11.3 Å². The van der Waals surface area contributed by atoms with E-state index < -0.39 is 10.0 Å². The van der Waals surface area contributed by atoms with Crippen LogP contribution in [-0.4, -0.2) is 25.6 Å². The van der Waals surface area contributed by atoms with Crippen LogP contribution in [0.5, 0.6) is 0 Å². The molecule has 0 radical (unpaired) electrons. The number of nitrogens with zero attached hydrogens (tertiary/aromatic N) is 1. The van der Waals surface area contributed by atoms with Crippen LogP contribution in [0.2, 0.25) is 0 Å². The Hall–Kier alpha value is -2.13. The van der Waals surface area contributed by atoms with Crippen molar-refractivity contribution in [2.24, 2.45) is 0 Å². The van der Waals surface area contributed by atoms with Crippen molar-refractivity contribution in [3.05, 3.63) is 29.1 Å². The van der Waals surface area contributed by atoms with E-state index >= 15 is 0 Å². The van der Waals surface area contributed by atoms with Gasteiger partial charge in [0.25, 0.3) is 0 Å². The third kappa shape index (κ3) is 4.43. The minimum Gasteiger partial charge on any atom is -0.284 e. The number of hydrogen-bond acceptors (Lipinski definition) is 6. The van der Waals surface area contributed by atoms with Gasteiger partial charge in [-0.2, -0.15) is 0 Å². The molecule has 0 atom stereocenters. The first-order valence-corrected chi connectivity index (χ1v) is 9.03. The maximum Gasteiger partial charge on any atom is 0.235 e. The number of hydrazine groups is 1. The van der Waals surface area contributed by atoms with Crippen LogP contribution in [0, 0.1) is 6.92 Å². The molecule has 0 spiro atoms. The van der Waals surface area contributed by atoms with Gasteiger partial charge in [0.2, 0.25) is 21.1 Å². The molecule has 0 saturated heterocycles. The first-order chi connectivity index (χ1) is 10.2. The Morgan fingerprint density at radius 2 is 1.86 bits per heavy atom. The van der Waals surface area contributed by atoms with Crippen molar-refractivity contribution in [2.45, 2.75) is 13.8 Å². The van der Waals surface area contributed by atoms with E-state index in [1.165, 1.54) is 18.3 Å². The first kappa shape index (κ1) is 16.2. The molecule has 22 heavy (non-hydrogen) atoms. The molecular formula is C13H16N4O3S2. The highest BCUT2D eigenvalue weighted by atomic mass is 32.2. The molecule has 1 amide bonds. The summed E-state index contributed by atoms with van der Waals surface area (Å²) < 4.78 is 24.8. The lowest BCUT2D eigenvalue weighted by atomic mass is 10.1. The first-order valence-electron chi connectivity index (χ1n) is 6.33. The van der Waals surface area contributed by atoms with Crippen molar-refractivity contribution in [2.75, 3.05) is 16.4 Å². The van der Waals surface area contributed by atoms with Crippen molar-refractivity contribution >= 4 is 38.1 Å². The Labute approximate surface area is 132 Å². The maximum atomic E-state index is 11.2. The standard InChI is InChI=1S/C13H16N4O3S2/c1-8-12(14-13(21-8)16-15-9(2)18)10-4-6-11(7-5-10)17-22(3,19)20/h4-7,17H,1-3H3,(H,14,16)(H,15,18). The SMILES string of the molecule is CC(=O)NNc1nc(-c2ccc(NS(C)(=O)=O)cc2)c(C)s1. The topological polar surface area (TPSA) is 100 Å². The van der Waals surface area contributed by atoms with Crippen molar-refractivity contribution in [1.82, 2.24) is 10.4 Å². The fourth-order valence-electron chi connectivity index (χ4n) is 1.77. The van der Waals surface area contributed by atoms with Crippen LogP contribution < -0.4 is 15.6 Å². The van der Waals surface area contributed by atoms with Crippen LogP contribution in [0.3, 0.4) is 0 Å². The van der Waals surface area contributed by atoms with Gasteiger partial charge in [0, 0.05) is 23.1 Å². The van der Waals surface area contributed by atoms with E-state index in [2.05, 4.69) is 20.6 Å². The number of sulfonamides is 1. The number of aromatic nitrogens is 1. The second kappa shape index (κ2) is 6.32. The number of rotatable bonds is 5. The van der Waals surface area contributed by atoms with Crippen molar-refractivity contribution in [3.63, 3.8) is 0 Å². The number of hydrogen-bond donors (Lipinski definition) is 3. The second-order valence-electron chi connectivity index (χ2n) is 4.68. The molecule has 118 valence electrons. The van der Waals surface area contributed by atoms with Crippen LogP contribution >= 0.6 is 11.3 Å². The van der Waals surface area contributed by atoms with E-state index in [9.17, 15) is 13.2 Å². The lowest BCUT2D eigenvalue weighted by Gasteiger charge is -2.05. The Kier molecular flexibility index (Phi) is 4.67. The molecule has 0 unspecified atom stereocenters. The van der Waals surface area contributed by atoms with Gasteiger partial charge in [0.05, 0.1) is 11.9 Å². The summed E-state index contributed by atoms with van der Waals surface area (Å²) in [5.74, 6) is -0.203. The number of thiazole rings is 1. The predicted molar refractivity (Wildman–Crippen MR) is 88.2 cm³/mol. The van der Waals surface area contributed by atoms with Gasteiger partial charge in [-0.05, 0) is 19.1 Å². The highest BCUT2D eigenvalue weighted by molar-refractivity contribution is 7.92. The van der Waals surface area contributed by atoms with Crippen LogP contribution in [0.4, 0.5) is 10.8 Å². The smallest absolute Gasteiger partial charge is 0.235 e. The quantitative estimate of drug-likeness (QED) is 0.722. The molecule has 0 bridgehead atoms. The van der Waals surface area contributed by atoms with E-state index in [-0.39, 0.29) is 5.91 Å². The summed E-state index contributed by atoms with van der Waals surface area (Å²) in [5.41, 5.74) is 7.35. The number of nitrogens with one attached hydrogen (secondary N) is 3. The summed E-state index contributed by atoms with van der Waals surface area (Å²) in [7, 11) is -3.29. The van der Waals surface area contributed by atoms with E-state index in [1.54, 1.807) is 24.3 Å². The van der Waals surface area contributed by atoms with Crippen LogP contribution in [-0.2, 0) is 14.8 Å². The van der Waals surface area contributed by atoms with Gasteiger partial charge in [0.15, 0.2) is 0 Å². The minimum atomic E-state index is -3.29. The summed E-state index contributed by atoms with van der Waals surface area (Å²) in [6.07, 6.45) is 1.10. The molecule has 9 heteroatoms. The van der Waals surface area contributed by atoms with Crippen molar-refractivity contribution < 1.29 is 13.2 Å². The zero-order chi connectivity index (χ0) is 16.3. The average Bonchev–Trinajstić information content (AvgIpc) is 2.77. The van der Waals surface area contributed by atoms with Crippen LogP contribution in [0.15, 0.2) is 24.3 Å². The molecule has 0 fully saturated rings. The number of benzene rings is 1. The van der Waals surface area contributed by atoms with Gasteiger partial charge in [0.1, 0.15) is 0 Å². The number of amides is 1. The molecule has 2 rings (SSSR count). The number of carbonyl (C=O) groups excluding carboxylic acids is 1. The largest absolute Gasteiger partial charge is 0.284 e. The monoisotopic (exact) mass is 340 g/mol. The van der Waals surface area contributed by atoms with Crippen molar-refractivity contribution in [3.8, 4) is 11.3 Å². The Bertz CT molecular complexity index is 782. The zero-order valence-corrected chi connectivity index (χ0v) is 13.9. The lowest BCUT2D eigenvalue weighted by Crippen LogP contribution is -2.26. The molecule has 2 aromatic rings. The van der Waals surface area contributed by atoms with E-state index in [4.69, 9.17) is 0 Å². The lowest BCUT2D eigenvalue weighted by molar-refractivity contribution is -0.118. The van der Waals surface area contributed by atoms with Gasteiger partial charge in [-0.25, -0.2) is 13.4 Å². The predicted octanol–water partition coefficient (Wildman–Crippen LogP) is 1.95. The normalized spacial score (nSPS) is 11.0. The number of aryl methyl sites for hydroxylation is 1. The summed E-state index contributed by atoms with van der Waals surface area (Å²) in [6.45, 7) is 3.33. The summed E-state index contributed by atoms with van der Waals surface area (Å²) >= 11 is 1.42. The number of anilines is 2. The fourth-order valence-corrected chi connectivity index (χ4v) is 3.12. The molecule has 1 aromatic carbocycles. The highest BCUT2D eigenvalue weighted by Crippen LogP contribution is 2.30. The Balaban J connectivity index is 2.19. The molecule has 0 aliphatic heterocycles. The average molecular weight is 340 g/mol.